The minimum atomic E-state index is -3.30. The van der Waals surface area contributed by atoms with E-state index in [1.165, 1.54) is 35.4 Å². The van der Waals surface area contributed by atoms with Crippen molar-refractivity contribution in [2.24, 2.45) is 11.7 Å². The van der Waals surface area contributed by atoms with Crippen molar-refractivity contribution in [2.45, 2.75) is 50.0 Å². The van der Waals surface area contributed by atoms with Crippen LogP contribution in [0.15, 0.2) is 47.4 Å². The number of amides is 3. The standard InChI is InChI=1S/C27H36N4O4S/c1-3-30(18-19-12-14-31(15-13-19)27(28)33)24-9-5-20-4-8-23(16-22(20)17-24)29-26(32)21-6-10-25(11-7-21)36(2,34)35/h4,6-8,10-11,16,19,24H,3,5,9,12-15,17-18H2,1-2H3,(H2,28,33)(H,29,32). The van der Waals surface area contributed by atoms with Gasteiger partial charge in [-0.1, -0.05) is 13.0 Å². The molecule has 3 amide bonds. The van der Waals surface area contributed by atoms with Gasteiger partial charge in [0, 0.05) is 43.2 Å². The fraction of sp³-hybridized carbons (Fsp3) is 0.481. The number of rotatable bonds is 7. The zero-order valence-corrected chi connectivity index (χ0v) is 21.9. The Morgan fingerprint density at radius 1 is 1.06 bits per heavy atom. The van der Waals surface area contributed by atoms with Gasteiger partial charge in [0.1, 0.15) is 0 Å². The van der Waals surface area contributed by atoms with Crippen molar-refractivity contribution in [3.63, 3.8) is 0 Å². The largest absolute Gasteiger partial charge is 0.351 e. The Balaban J connectivity index is 1.38. The van der Waals surface area contributed by atoms with E-state index in [-0.39, 0.29) is 16.8 Å². The van der Waals surface area contributed by atoms with Crippen LogP contribution in [0.3, 0.4) is 0 Å². The zero-order chi connectivity index (χ0) is 25.9. The average Bonchev–Trinajstić information content (AvgIpc) is 2.86. The van der Waals surface area contributed by atoms with Gasteiger partial charge < -0.3 is 20.9 Å². The van der Waals surface area contributed by atoms with E-state index in [1.54, 1.807) is 4.90 Å². The van der Waals surface area contributed by atoms with E-state index in [0.717, 1.165) is 70.2 Å². The quantitative estimate of drug-likeness (QED) is 0.591. The first-order valence-electron chi connectivity index (χ1n) is 12.7. The van der Waals surface area contributed by atoms with Gasteiger partial charge in [0.2, 0.25) is 0 Å². The van der Waals surface area contributed by atoms with Crippen LogP contribution >= 0.6 is 0 Å². The van der Waals surface area contributed by atoms with Crippen molar-refractivity contribution in [3.8, 4) is 0 Å². The SMILES string of the molecule is CCN(CC1CCN(C(N)=O)CC1)C1CCc2ccc(NC(=O)c3ccc(S(C)(=O)=O)cc3)cc2C1. The molecular weight excluding hydrogens is 476 g/mol. The van der Waals surface area contributed by atoms with Gasteiger partial charge in [-0.05, 0) is 92.1 Å². The highest BCUT2D eigenvalue weighted by atomic mass is 32.2. The first-order chi connectivity index (χ1) is 17.1. The van der Waals surface area contributed by atoms with Crippen molar-refractivity contribution in [1.82, 2.24) is 9.80 Å². The number of urea groups is 1. The number of nitrogens with two attached hydrogens (primary N) is 1. The number of hydrogen-bond donors (Lipinski definition) is 2. The van der Waals surface area contributed by atoms with Crippen LogP contribution in [-0.2, 0) is 22.7 Å². The topological polar surface area (TPSA) is 113 Å². The third-order valence-electron chi connectivity index (χ3n) is 7.55. The van der Waals surface area contributed by atoms with Crippen molar-refractivity contribution < 1.29 is 18.0 Å². The molecule has 2 aliphatic rings. The number of carbonyl (C=O) groups excluding carboxylic acids is 2. The van der Waals surface area contributed by atoms with Crippen molar-refractivity contribution >= 4 is 27.5 Å². The maximum absolute atomic E-state index is 12.7. The number of nitrogens with one attached hydrogen (secondary N) is 1. The molecule has 4 rings (SSSR count). The summed E-state index contributed by atoms with van der Waals surface area (Å²) in [7, 11) is -3.30. The molecule has 36 heavy (non-hydrogen) atoms. The smallest absolute Gasteiger partial charge is 0.314 e. The van der Waals surface area contributed by atoms with Crippen LogP contribution in [0.5, 0.6) is 0 Å². The maximum Gasteiger partial charge on any atom is 0.314 e. The summed E-state index contributed by atoms with van der Waals surface area (Å²) in [6.07, 6.45) is 6.19. The van der Waals surface area contributed by atoms with Crippen LogP contribution < -0.4 is 11.1 Å². The molecule has 1 fully saturated rings. The highest BCUT2D eigenvalue weighted by Crippen LogP contribution is 2.29. The molecule has 3 N–H and O–H groups in total. The Labute approximate surface area is 213 Å². The van der Waals surface area contributed by atoms with E-state index in [0.29, 0.717) is 17.5 Å². The number of anilines is 1. The molecule has 194 valence electrons. The fourth-order valence-corrected chi connectivity index (χ4v) is 6.02. The third-order valence-corrected chi connectivity index (χ3v) is 8.68. The number of benzene rings is 2. The van der Waals surface area contributed by atoms with E-state index >= 15 is 0 Å². The normalized spacial score (nSPS) is 18.6. The van der Waals surface area contributed by atoms with E-state index < -0.39 is 9.84 Å². The molecule has 8 nitrogen and oxygen atoms in total. The second-order valence-electron chi connectivity index (χ2n) is 9.99. The molecule has 1 aliphatic carbocycles. The van der Waals surface area contributed by atoms with E-state index in [2.05, 4.69) is 29.3 Å². The van der Waals surface area contributed by atoms with Gasteiger partial charge in [0.15, 0.2) is 9.84 Å². The predicted octanol–water partition coefficient (Wildman–Crippen LogP) is 3.31. The number of fused-ring (bicyclic) bond motifs is 1. The number of likely N-dealkylation sites (N-methyl/N-ethyl adjacent to an activating group) is 1. The minimum absolute atomic E-state index is 0.192. The van der Waals surface area contributed by atoms with Gasteiger partial charge in [-0.15, -0.1) is 0 Å². The Morgan fingerprint density at radius 3 is 2.36 bits per heavy atom. The van der Waals surface area contributed by atoms with Gasteiger partial charge in [-0.25, -0.2) is 13.2 Å². The monoisotopic (exact) mass is 512 g/mol. The van der Waals surface area contributed by atoms with Gasteiger partial charge >= 0.3 is 6.03 Å². The number of piperidine rings is 1. The van der Waals surface area contributed by atoms with Gasteiger partial charge in [0.05, 0.1) is 4.90 Å². The highest BCUT2D eigenvalue weighted by molar-refractivity contribution is 7.90. The van der Waals surface area contributed by atoms with Crippen LogP contribution in [0.4, 0.5) is 10.5 Å². The van der Waals surface area contributed by atoms with Crippen molar-refractivity contribution in [2.75, 3.05) is 37.8 Å². The molecule has 1 atom stereocenters. The van der Waals surface area contributed by atoms with Gasteiger partial charge in [0.25, 0.3) is 5.91 Å². The lowest BCUT2D eigenvalue weighted by atomic mass is 9.86. The van der Waals surface area contributed by atoms with Crippen LogP contribution in [0.1, 0.15) is 47.7 Å². The summed E-state index contributed by atoms with van der Waals surface area (Å²) in [4.78, 5) is 28.7. The average molecular weight is 513 g/mol. The van der Waals surface area contributed by atoms with Gasteiger partial charge in [-0.2, -0.15) is 0 Å². The molecular formula is C27H36N4O4S. The Morgan fingerprint density at radius 2 is 1.75 bits per heavy atom. The van der Waals surface area contributed by atoms with E-state index in [1.807, 2.05) is 6.07 Å². The number of primary amides is 1. The third kappa shape index (κ3) is 6.25. The molecule has 0 saturated carbocycles. The molecule has 9 heteroatoms. The summed E-state index contributed by atoms with van der Waals surface area (Å²) in [5.41, 5.74) is 9.17. The number of nitrogens with zero attached hydrogens (tertiary/aromatic N) is 2. The van der Waals surface area contributed by atoms with Crippen molar-refractivity contribution in [1.29, 1.82) is 0 Å². The molecule has 2 aromatic carbocycles. The molecule has 1 aliphatic heterocycles. The molecule has 1 heterocycles. The number of carbonyl (C=O) groups is 2. The molecule has 0 aromatic heterocycles. The first-order valence-corrected chi connectivity index (χ1v) is 14.5. The maximum atomic E-state index is 12.7. The van der Waals surface area contributed by atoms with Crippen LogP contribution in [0, 0.1) is 5.92 Å². The van der Waals surface area contributed by atoms with Gasteiger partial charge in [-0.3, -0.25) is 4.79 Å². The zero-order valence-electron chi connectivity index (χ0n) is 21.1. The molecule has 0 spiro atoms. The van der Waals surface area contributed by atoms with Crippen LogP contribution in [0.25, 0.3) is 0 Å². The lowest BCUT2D eigenvalue weighted by Crippen LogP contribution is -2.46. The number of aryl methyl sites for hydroxylation is 1. The number of sulfone groups is 1. The molecule has 0 bridgehead atoms. The molecule has 0 radical (unpaired) electrons. The van der Waals surface area contributed by atoms with Crippen molar-refractivity contribution in [3.05, 3.63) is 59.2 Å². The fourth-order valence-electron chi connectivity index (χ4n) is 5.39. The lowest BCUT2D eigenvalue weighted by Gasteiger charge is -2.39. The molecule has 2 aromatic rings. The second-order valence-corrected chi connectivity index (χ2v) is 12.0. The summed E-state index contributed by atoms with van der Waals surface area (Å²) in [5.74, 6) is 0.307. The van der Waals surface area contributed by atoms with Crippen LogP contribution in [0.2, 0.25) is 0 Å². The summed E-state index contributed by atoms with van der Waals surface area (Å²) in [6, 6.07) is 12.2. The first kappa shape index (κ1) is 26.2. The van der Waals surface area contributed by atoms with E-state index in [9.17, 15) is 18.0 Å². The predicted molar refractivity (Wildman–Crippen MR) is 141 cm³/mol. The molecule has 1 unspecified atom stereocenters. The second kappa shape index (κ2) is 11.0. The Kier molecular flexibility index (Phi) is 8.00. The summed E-state index contributed by atoms with van der Waals surface area (Å²) < 4.78 is 23.3. The minimum Gasteiger partial charge on any atom is -0.351 e. The number of likely N-dealkylation sites (tertiary alicyclic amines) is 1. The lowest BCUT2D eigenvalue weighted by molar-refractivity contribution is 0.102. The Hall–Kier alpha value is -2.91. The van der Waals surface area contributed by atoms with E-state index in [4.69, 9.17) is 5.73 Å². The molecule has 1 saturated heterocycles. The van der Waals surface area contributed by atoms with Crippen LogP contribution in [-0.4, -0.2) is 68.6 Å². The highest BCUT2D eigenvalue weighted by Gasteiger charge is 2.28. The summed E-state index contributed by atoms with van der Waals surface area (Å²) in [6.45, 7) is 5.70. The Bertz CT molecular complexity index is 1200. The summed E-state index contributed by atoms with van der Waals surface area (Å²) >= 11 is 0. The summed E-state index contributed by atoms with van der Waals surface area (Å²) in [5, 5.41) is 2.96. The number of hydrogen-bond acceptors (Lipinski definition) is 5.